The Labute approximate surface area is 249 Å². The Bertz CT molecular complexity index is 1700. The molecule has 1 aromatic carbocycles. The van der Waals surface area contributed by atoms with Crippen LogP contribution in [0.5, 0.6) is 0 Å². The number of hydrogen-bond donors (Lipinski definition) is 0. The van der Waals surface area contributed by atoms with Gasteiger partial charge in [-0.1, -0.05) is 42.5 Å². The Kier molecular flexibility index (Phi) is 8.37. The molecule has 5 nitrogen and oxygen atoms in total. The zero-order chi connectivity index (χ0) is 28.8. The highest BCUT2D eigenvalue weighted by Crippen LogP contribution is 2.40. The van der Waals surface area contributed by atoms with Crippen LogP contribution in [0.4, 0.5) is 5.00 Å². The van der Waals surface area contributed by atoms with Gasteiger partial charge in [0.25, 0.3) is 0 Å². The molecular weight excluding hydrogens is 545 g/mol. The Morgan fingerprint density at radius 3 is 1.85 bits per heavy atom. The summed E-state index contributed by atoms with van der Waals surface area (Å²) in [5.41, 5.74) is 2.14. The van der Waals surface area contributed by atoms with E-state index in [1.54, 1.807) is 11.3 Å². The lowest BCUT2D eigenvalue weighted by molar-refractivity contribution is 0.0954. The number of benzene rings is 1. The first-order valence-corrected chi connectivity index (χ1v) is 15.0. The summed E-state index contributed by atoms with van der Waals surface area (Å²) in [7, 11) is 0. The van der Waals surface area contributed by atoms with Gasteiger partial charge in [0.2, 0.25) is 0 Å². The molecule has 0 aliphatic carbocycles. The van der Waals surface area contributed by atoms with E-state index in [9.17, 15) is 15.8 Å². The number of thiophene rings is 2. The van der Waals surface area contributed by atoms with Gasteiger partial charge in [0.1, 0.15) is 29.4 Å². The lowest BCUT2D eigenvalue weighted by Gasteiger charge is -2.20. The van der Waals surface area contributed by atoms with E-state index in [-0.39, 0.29) is 16.9 Å². The van der Waals surface area contributed by atoms with E-state index in [1.165, 1.54) is 41.4 Å². The lowest BCUT2D eigenvalue weighted by Crippen LogP contribution is -2.20. The van der Waals surface area contributed by atoms with E-state index < -0.39 is 5.60 Å². The van der Waals surface area contributed by atoms with Crippen molar-refractivity contribution in [1.82, 2.24) is 0 Å². The predicted octanol–water partition coefficient (Wildman–Crippen LogP) is 8.69. The van der Waals surface area contributed by atoms with Crippen LogP contribution >= 0.6 is 22.7 Å². The number of anilines is 1. The van der Waals surface area contributed by atoms with E-state index >= 15 is 0 Å². The Morgan fingerprint density at radius 1 is 0.756 bits per heavy atom. The first kappa shape index (κ1) is 27.9. The molecule has 7 heteroatoms. The number of allylic oxidation sites excluding steroid dienone is 2. The van der Waals surface area contributed by atoms with E-state index in [4.69, 9.17) is 4.74 Å². The summed E-state index contributed by atoms with van der Waals surface area (Å²) in [4.78, 5) is 5.87. The molecular formula is C34H28N4OS2. The second-order valence-corrected chi connectivity index (χ2v) is 12.5. The molecule has 1 saturated heterocycles. The second kappa shape index (κ2) is 12.3. The summed E-state index contributed by atoms with van der Waals surface area (Å²) in [5.74, 6) is 0.0524. The molecule has 0 N–H and O–H groups in total. The third-order valence-electron chi connectivity index (χ3n) is 6.97. The Morgan fingerprint density at radius 2 is 1.29 bits per heavy atom. The number of ether oxygens (including phenoxy) is 1. The van der Waals surface area contributed by atoms with E-state index in [0.29, 0.717) is 5.57 Å². The van der Waals surface area contributed by atoms with Gasteiger partial charge in [-0.15, -0.1) is 22.7 Å². The summed E-state index contributed by atoms with van der Waals surface area (Å²) >= 11 is 3.48. The maximum Gasteiger partial charge on any atom is 0.172 e. The molecule has 0 saturated carbocycles. The molecule has 202 valence electrons. The van der Waals surface area contributed by atoms with Crippen LogP contribution in [-0.4, -0.2) is 18.7 Å². The van der Waals surface area contributed by atoms with Gasteiger partial charge in [-0.3, -0.25) is 0 Å². The van der Waals surface area contributed by atoms with Crippen molar-refractivity contribution in [3.05, 3.63) is 103 Å². The topological polar surface area (TPSA) is 83.8 Å². The van der Waals surface area contributed by atoms with Gasteiger partial charge < -0.3 is 9.64 Å². The number of rotatable bonds is 7. The highest BCUT2D eigenvalue weighted by atomic mass is 32.1. The second-order valence-electron chi connectivity index (χ2n) is 10.2. The normalized spacial score (nSPS) is 16.5. The van der Waals surface area contributed by atoms with Gasteiger partial charge in [-0.2, -0.15) is 15.8 Å². The number of hydrogen-bond acceptors (Lipinski definition) is 7. The molecule has 0 amide bonds. The predicted molar refractivity (Wildman–Crippen MR) is 169 cm³/mol. The highest BCUT2D eigenvalue weighted by molar-refractivity contribution is 7.17. The van der Waals surface area contributed by atoms with Crippen molar-refractivity contribution in [2.45, 2.75) is 32.3 Å². The van der Waals surface area contributed by atoms with Crippen molar-refractivity contribution in [3.8, 4) is 18.2 Å². The first-order valence-electron chi connectivity index (χ1n) is 13.4. The minimum absolute atomic E-state index is 0.0524. The number of nitrogens with zero attached hydrogens (tertiary/aromatic N) is 4. The first-order chi connectivity index (χ1) is 19.9. The van der Waals surface area contributed by atoms with Crippen LogP contribution in [0.15, 0.2) is 77.1 Å². The van der Waals surface area contributed by atoms with E-state index in [1.807, 2.05) is 55.5 Å². The van der Waals surface area contributed by atoms with Crippen molar-refractivity contribution in [3.63, 3.8) is 0 Å². The van der Waals surface area contributed by atoms with Crippen LogP contribution in [0.2, 0.25) is 0 Å². The van der Waals surface area contributed by atoms with Crippen LogP contribution in [0.1, 0.15) is 52.4 Å². The summed E-state index contributed by atoms with van der Waals surface area (Å²) < 4.78 is 5.83. The summed E-state index contributed by atoms with van der Waals surface area (Å²) in [6.07, 6.45) is 14.9. The fraction of sp³-hybridized carbons (Fsp3) is 0.206. The summed E-state index contributed by atoms with van der Waals surface area (Å²) in [6.45, 7) is 5.98. The third-order valence-corrected chi connectivity index (χ3v) is 9.10. The quantitative estimate of drug-likeness (QED) is 0.264. The molecule has 0 radical (unpaired) electrons. The number of nitriles is 3. The highest BCUT2D eigenvalue weighted by Gasteiger charge is 2.38. The van der Waals surface area contributed by atoms with Crippen LogP contribution in [0, 0.1) is 34.0 Å². The molecule has 0 unspecified atom stereocenters. The molecule has 1 fully saturated rings. The molecule has 2 aliphatic heterocycles. The molecule has 4 heterocycles. The SMILES string of the molecule is CC1(C)OC(=C(C#N)C#N)C(C#N)=C1/C=C/c1ccc(/C=C/c2ccc(/C=C/c3ccc(N4CCCC4)s3)cc2)s1. The fourth-order valence-electron chi connectivity index (χ4n) is 4.81. The minimum Gasteiger partial charge on any atom is -0.480 e. The van der Waals surface area contributed by atoms with E-state index in [0.717, 1.165) is 15.3 Å². The van der Waals surface area contributed by atoms with Crippen molar-refractivity contribution in [2.24, 2.45) is 0 Å². The van der Waals surface area contributed by atoms with Gasteiger partial charge in [-0.05, 0) is 80.3 Å². The fourth-order valence-corrected chi connectivity index (χ4v) is 6.59. The van der Waals surface area contributed by atoms with Gasteiger partial charge in [0.15, 0.2) is 11.3 Å². The molecule has 2 aromatic heterocycles. The van der Waals surface area contributed by atoms with Crippen LogP contribution in [0.25, 0.3) is 30.4 Å². The van der Waals surface area contributed by atoms with Crippen molar-refractivity contribution in [1.29, 1.82) is 15.8 Å². The van der Waals surface area contributed by atoms with Gasteiger partial charge in [0.05, 0.1) is 5.00 Å². The zero-order valence-electron chi connectivity index (χ0n) is 22.9. The third kappa shape index (κ3) is 6.42. The summed E-state index contributed by atoms with van der Waals surface area (Å²) in [6, 6.07) is 22.8. The monoisotopic (exact) mass is 572 g/mol. The van der Waals surface area contributed by atoms with Gasteiger partial charge >= 0.3 is 0 Å². The zero-order valence-corrected chi connectivity index (χ0v) is 24.6. The maximum atomic E-state index is 9.71. The van der Waals surface area contributed by atoms with Crippen molar-refractivity contribution in [2.75, 3.05) is 18.0 Å². The Balaban J connectivity index is 1.23. The molecule has 0 bridgehead atoms. The standard InChI is InChI=1S/C34H28N4OS2/c1-34(2)31(30(23-37)33(39-34)26(21-35)22-36)17-15-28-14-13-27(40-28)11-9-24-5-7-25(8-6-24)10-12-29-16-18-32(41-29)38-19-3-4-20-38/h5-18H,3-4,19-20H2,1-2H3/b11-9+,12-10+,17-15+. The largest absolute Gasteiger partial charge is 0.480 e. The summed E-state index contributed by atoms with van der Waals surface area (Å²) in [5, 5.41) is 29.6. The maximum absolute atomic E-state index is 9.71. The molecule has 0 atom stereocenters. The van der Waals surface area contributed by atoms with Crippen molar-refractivity contribution < 1.29 is 4.74 Å². The molecule has 0 spiro atoms. The molecule has 3 aromatic rings. The smallest absolute Gasteiger partial charge is 0.172 e. The van der Waals surface area contributed by atoms with Gasteiger partial charge in [-0.25, -0.2) is 0 Å². The molecule has 2 aliphatic rings. The molecule has 41 heavy (non-hydrogen) atoms. The average molecular weight is 573 g/mol. The Hall–Kier alpha value is -4.61. The van der Waals surface area contributed by atoms with Crippen LogP contribution in [-0.2, 0) is 4.74 Å². The van der Waals surface area contributed by atoms with Crippen LogP contribution in [0.3, 0.4) is 0 Å². The average Bonchev–Trinajstić information content (AvgIpc) is 3.78. The van der Waals surface area contributed by atoms with E-state index in [2.05, 4.69) is 77.7 Å². The van der Waals surface area contributed by atoms with Gasteiger partial charge in [0, 0.05) is 33.3 Å². The molecule has 5 rings (SSSR count). The minimum atomic E-state index is -0.822. The van der Waals surface area contributed by atoms with Crippen LogP contribution < -0.4 is 4.90 Å². The lowest BCUT2D eigenvalue weighted by atomic mass is 9.94. The van der Waals surface area contributed by atoms with Crippen molar-refractivity contribution >= 4 is 58.1 Å².